The lowest BCUT2D eigenvalue weighted by atomic mass is 10.2. The zero-order valence-electron chi connectivity index (χ0n) is 18.2. The predicted octanol–water partition coefficient (Wildman–Crippen LogP) is 3.71. The molecule has 0 amide bonds. The average molecular weight is 426 g/mol. The van der Waals surface area contributed by atoms with Gasteiger partial charge in [0.1, 0.15) is 11.6 Å². The summed E-state index contributed by atoms with van der Waals surface area (Å²) in [4.78, 5) is 23.1. The van der Waals surface area contributed by atoms with E-state index in [1.807, 2.05) is 48.7 Å². The van der Waals surface area contributed by atoms with E-state index in [-0.39, 0.29) is 6.04 Å². The molecule has 162 valence electrons. The number of hydrogen-bond acceptors (Lipinski definition) is 7. The van der Waals surface area contributed by atoms with Crippen LogP contribution >= 0.6 is 0 Å². The Morgan fingerprint density at radius 3 is 2.44 bits per heavy atom. The predicted molar refractivity (Wildman–Crippen MR) is 129 cm³/mol. The molecule has 32 heavy (non-hydrogen) atoms. The van der Waals surface area contributed by atoms with E-state index in [0.29, 0.717) is 5.82 Å². The van der Waals surface area contributed by atoms with Gasteiger partial charge in [0, 0.05) is 68.3 Å². The van der Waals surface area contributed by atoms with Gasteiger partial charge in [0.25, 0.3) is 0 Å². The number of para-hydroxylation sites is 1. The Morgan fingerprint density at radius 1 is 0.875 bits per heavy atom. The van der Waals surface area contributed by atoms with Crippen molar-refractivity contribution in [1.29, 1.82) is 0 Å². The Morgan fingerprint density at radius 2 is 1.66 bits per heavy atom. The van der Waals surface area contributed by atoms with Crippen molar-refractivity contribution in [2.75, 3.05) is 42.9 Å². The molecule has 1 unspecified atom stereocenters. The van der Waals surface area contributed by atoms with Gasteiger partial charge in [0.2, 0.25) is 0 Å². The van der Waals surface area contributed by atoms with Gasteiger partial charge in [-0.25, -0.2) is 15.0 Å². The highest BCUT2D eigenvalue weighted by Crippen LogP contribution is 2.25. The fraction of sp³-hybridized carbons (Fsp3) is 0.280. The van der Waals surface area contributed by atoms with Crippen LogP contribution in [0.2, 0.25) is 0 Å². The van der Waals surface area contributed by atoms with Gasteiger partial charge in [-0.1, -0.05) is 18.2 Å². The number of aromatic nitrogens is 4. The summed E-state index contributed by atoms with van der Waals surface area (Å²) in [6.07, 6.45) is 5.41. The number of nitrogens with zero attached hydrogens (tertiary/aromatic N) is 6. The van der Waals surface area contributed by atoms with Crippen LogP contribution in [0.5, 0.6) is 0 Å². The molecule has 3 aromatic heterocycles. The first kappa shape index (κ1) is 20.3. The molecule has 1 atom stereocenters. The molecular weight excluding hydrogens is 398 g/mol. The lowest BCUT2D eigenvalue weighted by Crippen LogP contribution is -2.49. The van der Waals surface area contributed by atoms with Crippen molar-refractivity contribution in [3.05, 3.63) is 73.2 Å². The minimum Gasteiger partial charge on any atom is -0.366 e. The third-order valence-corrected chi connectivity index (χ3v) is 5.80. The maximum absolute atomic E-state index is 4.87. The molecule has 1 aliphatic rings. The van der Waals surface area contributed by atoms with Crippen molar-refractivity contribution in [2.24, 2.45) is 0 Å². The van der Waals surface area contributed by atoms with Gasteiger partial charge in [-0.05, 0) is 43.3 Å². The van der Waals surface area contributed by atoms with E-state index in [1.165, 1.54) is 0 Å². The Hall–Kier alpha value is -3.58. The van der Waals surface area contributed by atoms with Crippen molar-refractivity contribution in [3.63, 3.8) is 0 Å². The minimum atomic E-state index is 0.250. The van der Waals surface area contributed by atoms with Crippen LogP contribution in [0, 0.1) is 0 Å². The van der Waals surface area contributed by atoms with Crippen molar-refractivity contribution in [1.82, 2.24) is 24.8 Å². The molecule has 4 aromatic rings. The highest BCUT2D eigenvalue weighted by Gasteiger charge is 2.20. The van der Waals surface area contributed by atoms with Crippen molar-refractivity contribution in [3.8, 4) is 11.4 Å². The average Bonchev–Trinajstić information content (AvgIpc) is 2.85. The summed E-state index contributed by atoms with van der Waals surface area (Å²) in [5.41, 5.74) is 1.90. The zero-order valence-corrected chi connectivity index (χ0v) is 18.2. The SMILES string of the molecule is CC(CN1CCN(c2ccccn2)CC1)Nc1nc(-c2ccncc2)nc2ccccc12. The van der Waals surface area contributed by atoms with Gasteiger partial charge >= 0.3 is 0 Å². The summed E-state index contributed by atoms with van der Waals surface area (Å²) >= 11 is 0. The van der Waals surface area contributed by atoms with Crippen molar-refractivity contribution >= 4 is 22.5 Å². The fourth-order valence-corrected chi connectivity index (χ4v) is 4.18. The summed E-state index contributed by atoms with van der Waals surface area (Å²) in [5, 5.41) is 4.69. The summed E-state index contributed by atoms with van der Waals surface area (Å²) in [7, 11) is 0. The highest BCUT2D eigenvalue weighted by molar-refractivity contribution is 5.90. The van der Waals surface area contributed by atoms with Crippen LogP contribution in [0.3, 0.4) is 0 Å². The number of hydrogen-bond donors (Lipinski definition) is 1. The Labute approximate surface area is 188 Å². The Bertz CT molecular complexity index is 1160. The van der Waals surface area contributed by atoms with Gasteiger partial charge in [-0.2, -0.15) is 0 Å². The molecule has 0 bridgehead atoms. The molecule has 5 rings (SSSR count). The van der Waals surface area contributed by atoms with E-state index in [0.717, 1.165) is 60.8 Å². The van der Waals surface area contributed by atoms with Crippen LogP contribution in [0.25, 0.3) is 22.3 Å². The highest BCUT2D eigenvalue weighted by atomic mass is 15.3. The van der Waals surface area contributed by atoms with E-state index >= 15 is 0 Å². The standard InChI is InChI=1S/C25H27N7/c1-19(18-31-14-16-32(17-15-31)23-8-4-5-11-27-23)28-25-21-6-2-3-7-22(21)29-24(30-25)20-9-12-26-13-10-20/h2-13,19H,14-18H2,1H3,(H,28,29,30). The van der Waals surface area contributed by atoms with Crippen LogP contribution in [0.15, 0.2) is 73.2 Å². The number of rotatable bonds is 6. The topological polar surface area (TPSA) is 70.1 Å². The maximum atomic E-state index is 4.87. The van der Waals surface area contributed by atoms with Crippen LogP contribution in [0.4, 0.5) is 11.6 Å². The molecule has 1 aliphatic heterocycles. The van der Waals surface area contributed by atoms with Crippen molar-refractivity contribution < 1.29 is 0 Å². The molecule has 1 aromatic carbocycles. The molecule has 0 saturated carbocycles. The minimum absolute atomic E-state index is 0.250. The fourth-order valence-electron chi connectivity index (χ4n) is 4.18. The van der Waals surface area contributed by atoms with Gasteiger partial charge in [-0.3, -0.25) is 9.88 Å². The molecule has 7 nitrogen and oxygen atoms in total. The van der Waals surface area contributed by atoms with Crippen LogP contribution in [0.1, 0.15) is 6.92 Å². The smallest absolute Gasteiger partial charge is 0.162 e. The van der Waals surface area contributed by atoms with E-state index < -0.39 is 0 Å². The maximum Gasteiger partial charge on any atom is 0.162 e. The lowest BCUT2D eigenvalue weighted by Gasteiger charge is -2.36. The second-order valence-corrected chi connectivity index (χ2v) is 8.17. The molecule has 1 fully saturated rings. The van der Waals surface area contributed by atoms with E-state index in [1.54, 1.807) is 12.4 Å². The summed E-state index contributed by atoms with van der Waals surface area (Å²) in [5.74, 6) is 2.65. The van der Waals surface area contributed by atoms with Gasteiger partial charge in [0.15, 0.2) is 5.82 Å². The third kappa shape index (κ3) is 4.53. The van der Waals surface area contributed by atoms with E-state index in [9.17, 15) is 0 Å². The zero-order chi connectivity index (χ0) is 21.8. The van der Waals surface area contributed by atoms with Crippen LogP contribution in [-0.4, -0.2) is 63.6 Å². The Kier molecular flexibility index (Phi) is 5.89. The quantitative estimate of drug-likeness (QED) is 0.505. The van der Waals surface area contributed by atoms with E-state index in [4.69, 9.17) is 9.97 Å². The summed E-state index contributed by atoms with van der Waals surface area (Å²) in [6, 6.07) is 18.4. The first-order valence-electron chi connectivity index (χ1n) is 11.1. The van der Waals surface area contributed by atoms with E-state index in [2.05, 4.69) is 44.1 Å². The number of fused-ring (bicyclic) bond motifs is 1. The first-order chi connectivity index (χ1) is 15.8. The summed E-state index contributed by atoms with van der Waals surface area (Å²) in [6.45, 7) is 7.20. The Balaban J connectivity index is 1.28. The van der Waals surface area contributed by atoms with Gasteiger partial charge in [0.05, 0.1) is 5.52 Å². The first-order valence-corrected chi connectivity index (χ1v) is 11.1. The second kappa shape index (κ2) is 9.28. The van der Waals surface area contributed by atoms with Gasteiger partial charge in [-0.15, -0.1) is 0 Å². The van der Waals surface area contributed by atoms with Crippen LogP contribution < -0.4 is 10.2 Å². The normalized spacial score (nSPS) is 15.6. The number of piperazine rings is 1. The van der Waals surface area contributed by atoms with Crippen molar-refractivity contribution in [2.45, 2.75) is 13.0 Å². The number of pyridine rings is 2. The second-order valence-electron chi connectivity index (χ2n) is 8.17. The molecule has 0 radical (unpaired) electrons. The number of anilines is 2. The molecule has 0 aliphatic carbocycles. The number of nitrogens with one attached hydrogen (secondary N) is 1. The largest absolute Gasteiger partial charge is 0.366 e. The third-order valence-electron chi connectivity index (χ3n) is 5.80. The monoisotopic (exact) mass is 425 g/mol. The van der Waals surface area contributed by atoms with Gasteiger partial charge < -0.3 is 10.2 Å². The molecule has 7 heteroatoms. The molecular formula is C25H27N7. The number of benzene rings is 1. The van der Waals surface area contributed by atoms with Crippen LogP contribution in [-0.2, 0) is 0 Å². The summed E-state index contributed by atoms with van der Waals surface area (Å²) < 4.78 is 0. The lowest BCUT2D eigenvalue weighted by molar-refractivity contribution is 0.250. The molecule has 1 N–H and O–H groups in total. The molecule has 1 saturated heterocycles. The molecule has 0 spiro atoms. The molecule has 4 heterocycles.